The summed E-state index contributed by atoms with van der Waals surface area (Å²) < 4.78 is 5.17. The standard InChI is InChI=1S/C16H21NO4/c1-3-14(21-2)15(18)17-9-12(13(10-17)16(19)20)11-7-5-4-6-8-11/h4-8,12-14H,3,9-10H2,1-2H3,(H,19,20). The third kappa shape index (κ3) is 3.24. The molecule has 1 aliphatic rings. The van der Waals surface area contributed by atoms with E-state index in [2.05, 4.69) is 0 Å². The molecule has 0 radical (unpaired) electrons. The Morgan fingerprint density at radius 2 is 2.00 bits per heavy atom. The van der Waals surface area contributed by atoms with Crippen LogP contribution in [-0.2, 0) is 14.3 Å². The molecule has 3 atom stereocenters. The number of carbonyl (C=O) groups excluding carboxylic acids is 1. The smallest absolute Gasteiger partial charge is 0.308 e. The number of aliphatic carboxylic acids is 1. The highest BCUT2D eigenvalue weighted by atomic mass is 16.5. The number of benzene rings is 1. The summed E-state index contributed by atoms with van der Waals surface area (Å²) in [4.78, 5) is 25.5. The van der Waals surface area contributed by atoms with Gasteiger partial charge in [-0.2, -0.15) is 0 Å². The van der Waals surface area contributed by atoms with Gasteiger partial charge in [-0.15, -0.1) is 0 Å². The molecule has 0 aromatic heterocycles. The van der Waals surface area contributed by atoms with Crippen LogP contribution in [-0.4, -0.2) is 48.2 Å². The van der Waals surface area contributed by atoms with Gasteiger partial charge < -0.3 is 14.7 Å². The fourth-order valence-corrected chi connectivity index (χ4v) is 2.92. The lowest BCUT2D eigenvalue weighted by Gasteiger charge is -2.21. The Labute approximate surface area is 124 Å². The zero-order valence-corrected chi connectivity index (χ0v) is 12.4. The van der Waals surface area contributed by atoms with Crippen molar-refractivity contribution >= 4 is 11.9 Å². The van der Waals surface area contributed by atoms with Crippen LogP contribution in [0.2, 0.25) is 0 Å². The Morgan fingerprint density at radius 1 is 1.33 bits per heavy atom. The number of nitrogens with zero attached hydrogens (tertiary/aromatic N) is 1. The van der Waals surface area contributed by atoms with Gasteiger partial charge in [0, 0.05) is 26.1 Å². The van der Waals surface area contributed by atoms with Crippen LogP contribution in [0.3, 0.4) is 0 Å². The van der Waals surface area contributed by atoms with Crippen LogP contribution in [0.1, 0.15) is 24.8 Å². The van der Waals surface area contributed by atoms with Gasteiger partial charge in [0.15, 0.2) is 0 Å². The van der Waals surface area contributed by atoms with Crippen molar-refractivity contribution in [1.29, 1.82) is 0 Å². The first kappa shape index (κ1) is 15.5. The Morgan fingerprint density at radius 3 is 2.52 bits per heavy atom. The quantitative estimate of drug-likeness (QED) is 0.897. The third-order valence-electron chi connectivity index (χ3n) is 4.11. The molecule has 0 bridgehead atoms. The second-order valence-electron chi connectivity index (χ2n) is 5.34. The normalized spacial score (nSPS) is 23.0. The molecule has 114 valence electrons. The number of ether oxygens (including phenoxy) is 1. The average molecular weight is 291 g/mol. The van der Waals surface area contributed by atoms with Gasteiger partial charge in [-0.05, 0) is 12.0 Å². The SMILES string of the molecule is CCC(OC)C(=O)N1CC(C(=O)O)C(c2ccccc2)C1. The molecule has 1 aromatic rings. The van der Waals surface area contributed by atoms with Crippen LogP contribution in [0, 0.1) is 5.92 Å². The number of amides is 1. The molecule has 0 saturated carbocycles. The second-order valence-corrected chi connectivity index (χ2v) is 5.34. The molecule has 5 nitrogen and oxygen atoms in total. The van der Waals surface area contributed by atoms with Crippen molar-refractivity contribution in [1.82, 2.24) is 4.90 Å². The van der Waals surface area contributed by atoms with E-state index in [1.54, 1.807) is 4.90 Å². The van der Waals surface area contributed by atoms with E-state index >= 15 is 0 Å². The summed E-state index contributed by atoms with van der Waals surface area (Å²) in [6.45, 7) is 2.55. The van der Waals surface area contributed by atoms with Crippen molar-refractivity contribution < 1.29 is 19.4 Å². The average Bonchev–Trinajstić information content (AvgIpc) is 2.94. The topological polar surface area (TPSA) is 66.8 Å². The zero-order valence-electron chi connectivity index (χ0n) is 12.4. The molecule has 1 saturated heterocycles. The van der Waals surface area contributed by atoms with E-state index < -0.39 is 18.0 Å². The molecule has 21 heavy (non-hydrogen) atoms. The molecule has 2 rings (SSSR count). The van der Waals surface area contributed by atoms with E-state index in [-0.39, 0.29) is 18.4 Å². The lowest BCUT2D eigenvalue weighted by molar-refractivity contribution is -0.143. The molecule has 1 heterocycles. The van der Waals surface area contributed by atoms with Crippen molar-refractivity contribution in [2.75, 3.05) is 20.2 Å². The van der Waals surface area contributed by atoms with Crippen LogP contribution in [0.5, 0.6) is 0 Å². The molecule has 3 unspecified atom stereocenters. The van der Waals surface area contributed by atoms with Gasteiger partial charge in [0.2, 0.25) is 0 Å². The third-order valence-corrected chi connectivity index (χ3v) is 4.11. The molecule has 1 fully saturated rings. The first-order chi connectivity index (χ1) is 10.1. The second kappa shape index (κ2) is 6.72. The molecular formula is C16H21NO4. The highest BCUT2D eigenvalue weighted by molar-refractivity contribution is 5.83. The molecule has 1 amide bonds. The first-order valence-electron chi connectivity index (χ1n) is 7.17. The number of hydrogen-bond acceptors (Lipinski definition) is 3. The fraction of sp³-hybridized carbons (Fsp3) is 0.500. The number of likely N-dealkylation sites (tertiary alicyclic amines) is 1. The van der Waals surface area contributed by atoms with Crippen LogP contribution in [0.15, 0.2) is 30.3 Å². The minimum absolute atomic E-state index is 0.121. The van der Waals surface area contributed by atoms with E-state index in [0.29, 0.717) is 13.0 Å². The van der Waals surface area contributed by atoms with Crippen LogP contribution in [0.25, 0.3) is 0 Å². The number of carbonyl (C=O) groups is 2. The van der Waals surface area contributed by atoms with Crippen LogP contribution >= 0.6 is 0 Å². The van der Waals surface area contributed by atoms with E-state index in [9.17, 15) is 14.7 Å². The Bertz CT molecular complexity index is 498. The van der Waals surface area contributed by atoms with E-state index in [0.717, 1.165) is 5.56 Å². The fourth-order valence-electron chi connectivity index (χ4n) is 2.92. The summed E-state index contributed by atoms with van der Waals surface area (Å²) in [6.07, 6.45) is 0.0912. The Balaban J connectivity index is 2.19. The first-order valence-corrected chi connectivity index (χ1v) is 7.17. The molecule has 1 aliphatic heterocycles. The maximum atomic E-state index is 12.4. The Kier molecular flexibility index (Phi) is 4.96. The van der Waals surface area contributed by atoms with Crippen molar-refractivity contribution in [2.24, 2.45) is 5.92 Å². The predicted molar refractivity (Wildman–Crippen MR) is 78.0 cm³/mol. The van der Waals surface area contributed by atoms with Crippen LogP contribution in [0.4, 0.5) is 0 Å². The zero-order chi connectivity index (χ0) is 15.4. The summed E-state index contributed by atoms with van der Waals surface area (Å²) in [6, 6.07) is 9.52. The molecular weight excluding hydrogens is 270 g/mol. The van der Waals surface area contributed by atoms with Gasteiger partial charge in [-0.25, -0.2) is 0 Å². The largest absolute Gasteiger partial charge is 0.481 e. The van der Waals surface area contributed by atoms with Crippen molar-refractivity contribution in [2.45, 2.75) is 25.4 Å². The molecule has 0 aliphatic carbocycles. The van der Waals surface area contributed by atoms with Crippen LogP contribution < -0.4 is 0 Å². The van der Waals surface area contributed by atoms with Gasteiger partial charge in [-0.3, -0.25) is 9.59 Å². The van der Waals surface area contributed by atoms with Gasteiger partial charge in [0.05, 0.1) is 5.92 Å². The lowest BCUT2D eigenvalue weighted by Crippen LogP contribution is -2.38. The van der Waals surface area contributed by atoms with Crippen molar-refractivity contribution in [3.63, 3.8) is 0 Å². The Hall–Kier alpha value is -1.88. The maximum Gasteiger partial charge on any atom is 0.308 e. The summed E-state index contributed by atoms with van der Waals surface area (Å²) >= 11 is 0. The monoisotopic (exact) mass is 291 g/mol. The van der Waals surface area contributed by atoms with E-state index in [1.165, 1.54) is 7.11 Å². The number of methoxy groups -OCH3 is 1. The number of rotatable bonds is 5. The number of carboxylic acids is 1. The maximum absolute atomic E-state index is 12.4. The minimum atomic E-state index is -0.857. The summed E-state index contributed by atoms with van der Waals surface area (Å²) in [5.74, 6) is -1.71. The van der Waals surface area contributed by atoms with Gasteiger partial charge in [0.1, 0.15) is 6.10 Å². The molecule has 5 heteroatoms. The van der Waals surface area contributed by atoms with Gasteiger partial charge >= 0.3 is 5.97 Å². The van der Waals surface area contributed by atoms with E-state index in [1.807, 2.05) is 37.3 Å². The highest BCUT2D eigenvalue weighted by Crippen LogP contribution is 2.33. The number of carboxylic acid groups (broad SMARTS) is 1. The van der Waals surface area contributed by atoms with Gasteiger partial charge in [0.25, 0.3) is 5.91 Å². The molecule has 0 spiro atoms. The molecule has 1 aromatic carbocycles. The van der Waals surface area contributed by atoms with Crippen molar-refractivity contribution in [3.05, 3.63) is 35.9 Å². The van der Waals surface area contributed by atoms with Crippen molar-refractivity contribution in [3.8, 4) is 0 Å². The number of hydrogen-bond donors (Lipinski definition) is 1. The highest BCUT2D eigenvalue weighted by Gasteiger charge is 2.41. The predicted octanol–water partition coefficient (Wildman–Crippen LogP) is 1.74. The lowest BCUT2D eigenvalue weighted by atomic mass is 9.89. The summed E-state index contributed by atoms with van der Waals surface area (Å²) in [7, 11) is 1.51. The summed E-state index contributed by atoms with van der Waals surface area (Å²) in [5, 5.41) is 9.43. The summed E-state index contributed by atoms with van der Waals surface area (Å²) in [5.41, 5.74) is 0.964. The van der Waals surface area contributed by atoms with Gasteiger partial charge in [-0.1, -0.05) is 37.3 Å². The minimum Gasteiger partial charge on any atom is -0.481 e. The molecule has 1 N–H and O–H groups in total. The van der Waals surface area contributed by atoms with E-state index in [4.69, 9.17) is 4.74 Å².